The summed E-state index contributed by atoms with van der Waals surface area (Å²) in [6.45, 7) is 2.12. The number of Topliss-reactive ketones (excluding diaryl/α,β-unsaturated/α-hetero) is 1. The monoisotopic (exact) mass is 246 g/mol. The summed E-state index contributed by atoms with van der Waals surface area (Å²) in [7, 11) is 0. The van der Waals surface area contributed by atoms with Crippen molar-refractivity contribution in [2.75, 3.05) is 0 Å². The van der Waals surface area contributed by atoms with Gasteiger partial charge in [0.05, 0.1) is 17.7 Å². The zero-order chi connectivity index (χ0) is 13.0. The second-order valence-electron chi connectivity index (χ2n) is 5.14. The summed E-state index contributed by atoms with van der Waals surface area (Å²) in [5.74, 6) is 0.116. The third-order valence-corrected chi connectivity index (χ3v) is 3.77. The second-order valence-corrected chi connectivity index (χ2v) is 5.14. The molecule has 0 radical (unpaired) electrons. The molecule has 18 heavy (non-hydrogen) atoms. The van der Waals surface area contributed by atoms with Crippen LogP contribution in [0.15, 0.2) is 18.3 Å². The van der Waals surface area contributed by atoms with Crippen LogP contribution in [-0.4, -0.2) is 16.8 Å². The largest absolute Gasteiger partial charge is 0.321 e. The van der Waals surface area contributed by atoms with Crippen LogP contribution in [0, 0.1) is 0 Å². The van der Waals surface area contributed by atoms with E-state index in [1.165, 1.54) is 5.56 Å². The molecule has 0 aromatic carbocycles. The maximum Gasteiger partial charge on any atom is 0.158 e. The summed E-state index contributed by atoms with van der Waals surface area (Å²) >= 11 is 0. The molecule has 2 unspecified atom stereocenters. The number of hydrogen-bond acceptors (Lipinski definition) is 3. The van der Waals surface area contributed by atoms with Crippen LogP contribution in [0.25, 0.3) is 0 Å². The van der Waals surface area contributed by atoms with Gasteiger partial charge in [0.25, 0.3) is 0 Å². The van der Waals surface area contributed by atoms with Crippen molar-refractivity contribution >= 4 is 5.78 Å². The van der Waals surface area contributed by atoms with Gasteiger partial charge >= 0.3 is 0 Å². The minimum Gasteiger partial charge on any atom is -0.321 e. The van der Waals surface area contributed by atoms with Gasteiger partial charge in [-0.15, -0.1) is 0 Å². The van der Waals surface area contributed by atoms with Gasteiger partial charge in [-0.25, -0.2) is 0 Å². The van der Waals surface area contributed by atoms with Crippen molar-refractivity contribution in [2.24, 2.45) is 5.73 Å². The Morgan fingerprint density at radius 1 is 1.61 bits per heavy atom. The summed E-state index contributed by atoms with van der Waals surface area (Å²) < 4.78 is 0. The molecule has 3 heteroatoms. The molecule has 3 nitrogen and oxygen atoms in total. The fourth-order valence-electron chi connectivity index (χ4n) is 2.71. The van der Waals surface area contributed by atoms with E-state index in [0.717, 1.165) is 44.2 Å². The molecule has 0 aliphatic heterocycles. The number of ketones is 1. The van der Waals surface area contributed by atoms with Crippen molar-refractivity contribution in [3.05, 3.63) is 29.6 Å². The van der Waals surface area contributed by atoms with E-state index >= 15 is 0 Å². The number of carbonyl (C=O) groups excluding carboxylic acids is 1. The average Bonchev–Trinajstić information content (AvgIpc) is 2.43. The lowest BCUT2D eigenvalue weighted by molar-refractivity contribution is -0.122. The molecule has 1 aliphatic rings. The van der Waals surface area contributed by atoms with Crippen molar-refractivity contribution in [3.8, 4) is 0 Å². The lowest BCUT2D eigenvalue weighted by Gasteiger charge is -2.25. The standard InChI is InChI=1S/C15H22N2O/c1-2-3-9-13(16)15(18)12-8-4-6-11-7-5-10-17-14(11)12/h5,7,10,12-13H,2-4,6,8-9,16H2,1H3. The number of fused-ring (bicyclic) bond motifs is 1. The zero-order valence-electron chi connectivity index (χ0n) is 11.1. The van der Waals surface area contributed by atoms with Crippen LogP contribution < -0.4 is 5.73 Å². The second kappa shape index (κ2) is 6.10. The van der Waals surface area contributed by atoms with Gasteiger partial charge in [0.2, 0.25) is 0 Å². The van der Waals surface area contributed by atoms with Gasteiger partial charge < -0.3 is 5.73 Å². The molecule has 0 saturated carbocycles. The quantitative estimate of drug-likeness (QED) is 0.868. The molecule has 98 valence electrons. The molecule has 0 bridgehead atoms. The molecule has 1 heterocycles. The number of rotatable bonds is 5. The van der Waals surface area contributed by atoms with E-state index < -0.39 is 0 Å². The first kappa shape index (κ1) is 13.2. The highest BCUT2D eigenvalue weighted by atomic mass is 16.1. The molecule has 0 spiro atoms. The van der Waals surface area contributed by atoms with Gasteiger partial charge in [0.15, 0.2) is 5.78 Å². The zero-order valence-corrected chi connectivity index (χ0v) is 11.1. The highest BCUT2D eigenvalue weighted by Gasteiger charge is 2.30. The number of aromatic nitrogens is 1. The van der Waals surface area contributed by atoms with Gasteiger partial charge in [0, 0.05) is 6.20 Å². The minimum absolute atomic E-state index is 0.0678. The van der Waals surface area contributed by atoms with Crippen LogP contribution in [-0.2, 0) is 11.2 Å². The molecule has 2 N–H and O–H groups in total. The number of nitrogens with two attached hydrogens (primary N) is 1. The van der Waals surface area contributed by atoms with Crippen molar-refractivity contribution in [1.29, 1.82) is 0 Å². The van der Waals surface area contributed by atoms with E-state index in [-0.39, 0.29) is 17.7 Å². The molecular formula is C15H22N2O. The van der Waals surface area contributed by atoms with Crippen LogP contribution in [0.2, 0.25) is 0 Å². The molecule has 0 fully saturated rings. The van der Waals surface area contributed by atoms with E-state index in [4.69, 9.17) is 5.73 Å². The lowest BCUT2D eigenvalue weighted by Crippen LogP contribution is -2.36. The number of hydrogen-bond donors (Lipinski definition) is 1. The van der Waals surface area contributed by atoms with E-state index in [1.807, 2.05) is 6.07 Å². The fourth-order valence-corrected chi connectivity index (χ4v) is 2.71. The number of carbonyl (C=O) groups is 1. The molecule has 1 aliphatic carbocycles. The normalized spacial score (nSPS) is 20.2. The summed E-state index contributed by atoms with van der Waals surface area (Å²) in [6.07, 6.45) is 7.70. The first-order chi connectivity index (χ1) is 8.74. The minimum atomic E-state index is -0.317. The SMILES string of the molecule is CCCCC(N)C(=O)C1CCCc2cccnc21. The molecule has 1 aromatic heterocycles. The predicted molar refractivity (Wildman–Crippen MR) is 72.4 cm³/mol. The van der Waals surface area contributed by atoms with Crippen molar-refractivity contribution in [1.82, 2.24) is 4.98 Å². The Labute approximate surface area is 109 Å². The third kappa shape index (κ3) is 2.78. The van der Waals surface area contributed by atoms with E-state index in [0.29, 0.717) is 0 Å². The number of aryl methyl sites for hydroxylation is 1. The molecule has 0 saturated heterocycles. The Morgan fingerprint density at radius 2 is 2.44 bits per heavy atom. The molecule has 1 aromatic rings. The predicted octanol–water partition coefficient (Wildman–Crippen LogP) is 2.59. The molecule has 2 atom stereocenters. The van der Waals surface area contributed by atoms with Crippen LogP contribution in [0.3, 0.4) is 0 Å². The van der Waals surface area contributed by atoms with E-state index in [9.17, 15) is 4.79 Å². The summed E-state index contributed by atoms with van der Waals surface area (Å²) in [5.41, 5.74) is 8.21. The fraction of sp³-hybridized carbons (Fsp3) is 0.600. The first-order valence-corrected chi connectivity index (χ1v) is 6.97. The van der Waals surface area contributed by atoms with E-state index in [2.05, 4.69) is 18.0 Å². The van der Waals surface area contributed by atoms with Gasteiger partial charge in [-0.05, 0) is 37.3 Å². The summed E-state index contributed by atoms with van der Waals surface area (Å²) in [5, 5.41) is 0. The Kier molecular flexibility index (Phi) is 4.48. The van der Waals surface area contributed by atoms with Crippen molar-refractivity contribution in [2.45, 2.75) is 57.4 Å². The average molecular weight is 246 g/mol. The Morgan fingerprint density at radius 3 is 3.22 bits per heavy atom. The van der Waals surface area contributed by atoms with Crippen LogP contribution >= 0.6 is 0 Å². The number of unbranched alkanes of at least 4 members (excludes halogenated alkanes) is 1. The van der Waals surface area contributed by atoms with Crippen LogP contribution in [0.1, 0.15) is 56.2 Å². The number of pyridine rings is 1. The third-order valence-electron chi connectivity index (χ3n) is 3.77. The van der Waals surface area contributed by atoms with E-state index in [1.54, 1.807) is 6.20 Å². The van der Waals surface area contributed by atoms with Crippen molar-refractivity contribution < 1.29 is 4.79 Å². The lowest BCUT2D eigenvalue weighted by atomic mass is 9.81. The Bertz CT molecular complexity index is 417. The summed E-state index contributed by atoms with van der Waals surface area (Å²) in [4.78, 5) is 16.8. The van der Waals surface area contributed by atoms with Crippen LogP contribution in [0.5, 0.6) is 0 Å². The number of nitrogens with zero attached hydrogens (tertiary/aromatic N) is 1. The van der Waals surface area contributed by atoms with Crippen LogP contribution in [0.4, 0.5) is 0 Å². The van der Waals surface area contributed by atoms with Gasteiger partial charge in [-0.2, -0.15) is 0 Å². The maximum atomic E-state index is 12.4. The molecule has 0 amide bonds. The highest BCUT2D eigenvalue weighted by Crippen LogP contribution is 2.31. The topological polar surface area (TPSA) is 56.0 Å². The van der Waals surface area contributed by atoms with Gasteiger partial charge in [-0.1, -0.05) is 25.8 Å². The van der Waals surface area contributed by atoms with Gasteiger partial charge in [0.1, 0.15) is 0 Å². The summed E-state index contributed by atoms with van der Waals surface area (Å²) in [6, 6.07) is 3.71. The first-order valence-electron chi connectivity index (χ1n) is 6.97. The Hall–Kier alpha value is -1.22. The van der Waals surface area contributed by atoms with Gasteiger partial charge in [-0.3, -0.25) is 9.78 Å². The maximum absolute atomic E-state index is 12.4. The molecule has 2 rings (SSSR count). The Balaban J connectivity index is 2.12. The molecular weight excluding hydrogens is 224 g/mol. The van der Waals surface area contributed by atoms with Crippen molar-refractivity contribution in [3.63, 3.8) is 0 Å². The smallest absolute Gasteiger partial charge is 0.158 e. The highest BCUT2D eigenvalue weighted by molar-refractivity contribution is 5.90.